The van der Waals surface area contributed by atoms with Crippen molar-refractivity contribution in [1.29, 1.82) is 0 Å². The second kappa shape index (κ2) is 7.50. The van der Waals surface area contributed by atoms with E-state index in [1.54, 1.807) is 6.07 Å². The third kappa shape index (κ3) is 4.12. The Balaban J connectivity index is 2.08. The summed E-state index contributed by atoms with van der Waals surface area (Å²) in [6.45, 7) is 0. The number of rotatable bonds is 4. The Kier molecular flexibility index (Phi) is 5.68. The zero-order valence-electron chi connectivity index (χ0n) is 11.7. The molecule has 20 heavy (non-hydrogen) atoms. The number of hydrazine groups is 1. The molecule has 2 nitrogen and oxygen atoms in total. The number of hydrogen-bond donors (Lipinski definition) is 2. The maximum atomic E-state index is 13.3. The van der Waals surface area contributed by atoms with Gasteiger partial charge < -0.3 is 0 Å². The van der Waals surface area contributed by atoms with E-state index in [1.807, 2.05) is 0 Å². The van der Waals surface area contributed by atoms with E-state index < -0.39 is 11.6 Å². The number of nitrogens with one attached hydrogen (secondary N) is 1. The van der Waals surface area contributed by atoms with Crippen LogP contribution in [-0.4, -0.2) is 6.04 Å². The maximum Gasteiger partial charge on any atom is 0.159 e. The van der Waals surface area contributed by atoms with E-state index in [0.29, 0.717) is 6.42 Å². The molecule has 1 aromatic carbocycles. The molecule has 0 heterocycles. The van der Waals surface area contributed by atoms with Gasteiger partial charge in [-0.15, -0.1) is 0 Å². The molecule has 4 heteroatoms. The van der Waals surface area contributed by atoms with Gasteiger partial charge in [0.2, 0.25) is 0 Å². The van der Waals surface area contributed by atoms with Crippen molar-refractivity contribution in [3.8, 4) is 0 Å². The van der Waals surface area contributed by atoms with Crippen molar-refractivity contribution in [3.63, 3.8) is 0 Å². The van der Waals surface area contributed by atoms with Crippen LogP contribution in [-0.2, 0) is 6.42 Å². The highest BCUT2D eigenvalue weighted by atomic mass is 19.2. The molecule has 1 atom stereocenters. The summed E-state index contributed by atoms with van der Waals surface area (Å²) in [5.74, 6) is 4.04. The van der Waals surface area contributed by atoms with Gasteiger partial charge in [0.25, 0.3) is 0 Å². The van der Waals surface area contributed by atoms with Crippen molar-refractivity contribution in [1.82, 2.24) is 5.43 Å². The molecule has 0 aliphatic heterocycles. The summed E-state index contributed by atoms with van der Waals surface area (Å²) in [6, 6.07) is 4.04. The van der Waals surface area contributed by atoms with Crippen LogP contribution < -0.4 is 11.3 Å². The smallest absolute Gasteiger partial charge is 0.159 e. The molecule has 1 aliphatic rings. The molecule has 110 valence electrons. The molecule has 0 saturated carbocycles. The van der Waals surface area contributed by atoms with Gasteiger partial charge in [-0.25, -0.2) is 8.78 Å². The van der Waals surface area contributed by atoms with E-state index in [9.17, 15) is 8.78 Å². The lowest BCUT2D eigenvalue weighted by molar-refractivity contribution is 0.502. The van der Waals surface area contributed by atoms with E-state index in [-0.39, 0.29) is 6.04 Å². The number of nitrogens with two attached hydrogens (primary N) is 1. The van der Waals surface area contributed by atoms with Crippen LogP contribution >= 0.6 is 0 Å². The van der Waals surface area contributed by atoms with Crippen molar-refractivity contribution in [2.24, 2.45) is 5.84 Å². The first-order chi connectivity index (χ1) is 9.70. The normalized spacial score (nSPS) is 20.6. The molecule has 0 aromatic heterocycles. The van der Waals surface area contributed by atoms with Crippen LogP contribution in [0.1, 0.15) is 44.1 Å². The number of allylic oxidation sites excluding steroid dienone is 1. The number of benzene rings is 1. The average Bonchev–Trinajstić information content (AvgIpc) is 2.40. The van der Waals surface area contributed by atoms with Gasteiger partial charge in [-0.2, -0.15) is 0 Å². The fourth-order valence-corrected chi connectivity index (χ4v) is 2.73. The molecule has 0 bridgehead atoms. The largest absolute Gasteiger partial charge is 0.271 e. The van der Waals surface area contributed by atoms with E-state index in [1.165, 1.54) is 43.4 Å². The predicted octanol–water partition coefficient (Wildman–Crippen LogP) is 3.62. The molecular weight excluding hydrogens is 258 g/mol. The minimum absolute atomic E-state index is 0.00189. The lowest BCUT2D eigenvalue weighted by atomic mass is 9.91. The highest BCUT2D eigenvalue weighted by Gasteiger charge is 2.15. The van der Waals surface area contributed by atoms with Crippen LogP contribution in [0, 0.1) is 11.6 Å². The van der Waals surface area contributed by atoms with Crippen LogP contribution in [0.2, 0.25) is 0 Å². The van der Waals surface area contributed by atoms with Gasteiger partial charge in [0.15, 0.2) is 11.6 Å². The van der Waals surface area contributed by atoms with Crippen LogP contribution in [0.5, 0.6) is 0 Å². The maximum absolute atomic E-state index is 13.3. The predicted molar refractivity (Wildman–Crippen MR) is 77.0 cm³/mol. The van der Waals surface area contributed by atoms with Crippen molar-refractivity contribution in [2.75, 3.05) is 0 Å². The lowest BCUT2D eigenvalue weighted by Gasteiger charge is -2.21. The Bertz CT molecular complexity index is 472. The summed E-state index contributed by atoms with van der Waals surface area (Å²) in [4.78, 5) is 0. The molecule has 0 spiro atoms. The minimum Gasteiger partial charge on any atom is -0.271 e. The second-order valence-electron chi connectivity index (χ2n) is 5.40. The quantitative estimate of drug-likeness (QED) is 0.502. The molecular formula is C16H22F2N2. The second-order valence-corrected chi connectivity index (χ2v) is 5.40. The molecule has 1 aromatic rings. The van der Waals surface area contributed by atoms with Gasteiger partial charge in [0.05, 0.1) is 0 Å². The summed E-state index contributed by atoms with van der Waals surface area (Å²) in [5.41, 5.74) is 4.87. The highest BCUT2D eigenvalue weighted by molar-refractivity contribution is 5.23. The standard InChI is InChI=1S/C16H22F2N2/c17-14-9-8-12(10-15(14)18)11-16(20-19)13-6-4-2-1-3-5-7-13/h6,8-10,16,20H,1-5,7,11,19H2/b13-6+. The number of halogens is 2. The highest BCUT2D eigenvalue weighted by Crippen LogP contribution is 2.22. The van der Waals surface area contributed by atoms with Gasteiger partial charge in [-0.3, -0.25) is 11.3 Å². The average molecular weight is 280 g/mol. The van der Waals surface area contributed by atoms with Crippen LogP contribution in [0.4, 0.5) is 8.78 Å². The minimum atomic E-state index is -0.809. The molecule has 0 fully saturated rings. The van der Waals surface area contributed by atoms with Crippen molar-refractivity contribution < 1.29 is 8.78 Å². The Labute approximate surface area is 119 Å². The molecule has 0 amide bonds. The summed E-state index contributed by atoms with van der Waals surface area (Å²) < 4.78 is 26.2. The molecule has 3 N–H and O–H groups in total. The third-order valence-electron chi connectivity index (χ3n) is 3.90. The first kappa shape index (κ1) is 15.1. The first-order valence-electron chi connectivity index (χ1n) is 7.29. The lowest BCUT2D eigenvalue weighted by Crippen LogP contribution is -2.38. The Morgan fingerprint density at radius 3 is 2.65 bits per heavy atom. The van der Waals surface area contributed by atoms with Crippen LogP contribution in [0.25, 0.3) is 0 Å². The van der Waals surface area contributed by atoms with E-state index in [0.717, 1.165) is 18.4 Å². The van der Waals surface area contributed by atoms with Crippen molar-refractivity contribution in [3.05, 3.63) is 47.0 Å². The van der Waals surface area contributed by atoms with Crippen molar-refractivity contribution >= 4 is 0 Å². The van der Waals surface area contributed by atoms with E-state index in [4.69, 9.17) is 5.84 Å². The summed E-state index contributed by atoms with van der Waals surface area (Å²) in [5, 5.41) is 0. The van der Waals surface area contributed by atoms with E-state index >= 15 is 0 Å². The molecule has 2 rings (SSSR count). The molecule has 0 radical (unpaired) electrons. The molecule has 1 aliphatic carbocycles. The Hall–Kier alpha value is -1.26. The zero-order chi connectivity index (χ0) is 14.4. The van der Waals surface area contributed by atoms with Gasteiger partial charge in [-0.1, -0.05) is 30.6 Å². The number of hydrogen-bond acceptors (Lipinski definition) is 2. The summed E-state index contributed by atoms with van der Waals surface area (Å²) in [6.07, 6.45) is 9.86. The summed E-state index contributed by atoms with van der Waals surface area (Å²) >= 11 is 0. The molecule has 1 unspecified atom stereocenters. The zero-order valence-corrected chi connectivity index (χ0v) is 11.7. The fourth-order valence-electron chi connectivity index (χ4n) is 2.73. The van der Waals surface area contributed by atoms with Crippen molar-refractivity contribution in [2.45, 2.75) is 51.0 Å². The topological polar surface area (TPSA) is 38.0 Å². The SMILES string of the molecule is NNC(Cc1ccc(F)c(F)c1)/C1=C/CCCCCC1. The fraction of sp³-hybridized carbons (Fsp3) is 0.500. The summed E-state index contributed by atoms with van der Waals surface area (Å²) in [7, 11) is 0. The van der Waals surface area contributed by atoms with Crippen LogP contribution in [0.3, 0.4) is 0 Å². The molecule has 0 saturated heterocycles. The van der Waals surface area contributed by atoms with Crippen LogP contribution in [0.15, 0.2) is 29.8 Å². The van der Waals surface area contributed by atoms with E-state index in [2.05, 4.69) is 11.5 Å². The third-order valence-corrected chi connectivity index (χ3v) is 3.90. The van der Waals surface area contributed by atoms with Gasteiger partial charge in [0, 0.05) is 6.04 Å². The van der Waals surface area contributed by atoms with Gasteiger partial charge in [-0.05, 0) is 49.8 Å². The van der Waals surface area contributed by atoms with Gasteiger partial charge >= 0.3 is 0 Å². The first-order valence-corrected chi connectivity index (χ1v) is 7.29. The van der Waals surface area contributed by atoms with Gasteiger partial charge in [0.1, 0.15) is 0 Å². The Morgan fingerprint density at radius 1 is 1.10 bits per heavy atom. The monoisotopic (exact) mass is 280 g/mol. The Morgan fingerprint density at radius 2 is 1.90 bits per heavy atom.